The fourth-order valence-corrected chi connectivity index (χ4v) is 2.97. The summed E-state index contributed by atoms with van der Waals surface area (Å²) >= 11 is 5.98. The van der Waals surface area contributed by atoms with E-state index < -0.39 is 0 Å². The quantitative estimate of drug-likeness (QED) is 0.911. The summed E-state index contributed by atoms with van der Waals surface area (Å²) in [7, 11) is 0. The Morgan fingerprint density at radius 3 is 3.05 bits per heavy atom. The van der Waals surface area contributed by atoms with Crippen molar-refractivity contribution in [3.05, 3.63) is 47.3 Å². The highest BCUT2D eigenvalue weighted by Gasteiger charge is 2.23. The number of hydrogen-bond donors (Lipinski definition) is 1. The van der Waals surface area contributed by atoms with Gasteiger partial charge in [-0.05, 0) is 44.4 Å². The van der Waals surface area contributed by atoms with Crippen molar-refractivity contribution < 1.29 is 4.39 Å². The van der Waals surface area contributed by atoms with E-state index in [-0.39, 0.29) is 11.9 Å². The molecule has 1 saturated heterocycles. The zero-order chi connectivity index (χ0) is 14.1. The molecule has 2 aromatic rings. The van der Waals surface area contributed by atoms with Crippen LogP contribution in [0.4, 0.5) is 4.39 Å². The molecule has 106 valence electrons. The topological polar surface area (TPSA) is 29.9 Å². The minimum Gasteiger partial charge on any atom is -0.306 e. The molecule has 3 nitrogen and oxygen atoms in total. The lowest BCUT2D eigenvalue weighted by molar-refractivity contribution is 0.334. The molecule has 20 heavy (non-hydrogen) atoms. The molecule has 0 radical (unpaired) electrons. The minimum absolute atomic E-state index is 0.208. The Kier molecular flexibility index (Phi) is 3.76. The molecule has 2 heterocycles. The Labute approximate surface area is 122 Å². The van der Waals surface area contributed by atoms with Crippen molar-refractivity contribution in [2.75, 3.05) is 0 Å². The lowest BCUT2D eigenvalue weighted by atomic mass is 9.97. The number of piperidine rings is 1. The highest BCUT2D eigenvalue weighted by Crippen LogP contribution is 2.28. The van der Waals surface area contributed by atoms with Crippen LogP contribution in [-0.2, 0) is 0 Å². The molecule has 0 saturated carbocycles. The van der Waals surface area contributed by atoms with E-state index in [2.05, 4.69) is 17.2 Å². The van der Waals surface area contributed by atoms with Crippen LogP contribution in [0.15, 0.2) is 30.7 Å². The summed E-state index contributed by atoms with van der Waals surface area (Å²) in [6.45, 7) is 2.17. The Balaban J connectivity index is 1.99. The monoisotopic (exact) mass is 293 g/mol. The van der Waals surface area contributed by atoms with Gasteiger partial charge in [-0.15, -0.1) is 0 Å². The number of halogens is 2. The second-order valence-electron chi connectivity index (χ2n) is 5.34. The third-order valence-electron chi connectivity index (χ3n) is 3.81. The summed E-state index contributed by atoms with van der Waals surface area (Å²) in [5, 5.41) is 4.07. The number of aromatic nitrogens is 2. The van der Waals surface area contributed by atoms with Gasteiger partial charge in [-0.2, -0.15) is 0 Å². The fraction of sp³-hybridized carbons (Fsp3) is 0.400. The first-order valence-corrected chi connectivity index (χ1v) is 7.26. The van der Waals surface area contributed by atoms with Gasteiger partial charge in [-0.1, -0.05) is 11.6 Å². The van der Waals surface area contributed by atoms with Crippen molar-refractivity contribution in [1.29, 1.82) is 0 Å². The lowest BCUT2D eigenvalue weighted by Crippen LogP contribution is -2.35. The highest BCUT2D eigenvalue weighted by molar-refractivity contribution is 6.30. The van der Waals surface area contributed by atoms with Crippen LogP contribution in [0.3, 0.4) is 0 Å². The van der Waals surface area contributed by atoms with E-state index in [0.717, 1.165) is 12.1 Å². The van der Waals surface area contributed by atoms with Gasteiger partial charge in [0, 0.05) is 17.1 Å². The van der Waals surface area contributed by atoms with Gasteiger partial charge in [-0.3, -0.25) is 4.57 Å². The van der Waals surface area contributed by atoms with Gasteiger partial charge in [0.2, 0.25) is 0 Å². The maximum absolute atomic E-state index is 14.0. The standard InChI is InChI=1S/C15H17ClFN3/c1-10-3-2-4-13(19-10)15-8-18-9-20(15)14-7-11(16)5-6-12(14)17/h5-10,13,19H,2-4H2,1H3. The van der Waals surface area contributed by atoms with Crippen LogP contribution in [-0.4, -0.2) is 15.6 Å². The molecule has 0 bridgehead atoms. The van der Waals surface area contributed by atoms with Crippen molar-refractivity contribution >= 4 is 11.6 Å². The van der Waals surface area contributed by atoms with Crippen molar-refractivity contribution in [2.45, 2.75) is 38.3 Å². The molecule has 0 aliphatic carbocycles. The number of benzene rings is 1. The van der Waals surface area contributed by atoms with Crippen LogP contribution < -0.4 is 5.32 Å². The van der Waals surface area contributed by atoms with Gasteiger partial charge in [-0.25, -0.2) is 9.37 Å². The highest BCUT2D eigenvalue weighted by atomic mass is 35.5. The Morgan fingerprint density at radius 1 is 1.40 bits per heavy atom. The average molecular weight is 294 g/mol. The number of nitrogens with zero attached hydrogens (tertiary/aromatic N) is 2. The summed E-state index contributed by atoms with van der Waals surface area (Å²) in [4.78, 5) is 4.18. The zero-order valence-corrected chi connectivity index (χ0v) is 12.1. The maximum Gasteiger partial charge on any atom is 0.147 e. The molecule has 1 aliphatic rings. The van der Waals surface area contributed by atoms with E-state index >= 15 is 0 Å². The second-order valence-corrected chi connectivity index (χ2v) is 5.77. The Bertz CT molecular complexity index is 611. The van der Waals surface area contributed by atoms with Crippen molar-refractivity contribution in [3.8, 4) is 5.69 Å². The normalized spacial score (nSPS) is 22.9. The van der Waals surface area contributed by atoms with Crippen LogP contribution in [0.5, 0.6) is 0 Å². The van der Waals surface area contributed by atoms with Gasteiger partial charge in [0.05, 0.1) is 23.9 Å². The van der Waals surface area contributed by atoms with E-state index in [1.807, 2.05) is 0 Å². The largest absolute Gasteiger partial charge is 0.306 e. The lowest BCUT2D eigenvalue weighted by Gasteiger charge is -2.29. The van der Waals surface area contributed by atoms with Crippen LogP contribution in [0.1, 0.15) is 37.9 Å². The molecule has 1 fully saturated rings. The predicted octanol–water partition coefficient (Wildman–Crippen LogP) is 3.87. The minimum atomic E-state index is -0.294. The number of imidazole rings is 1. The van der Waals surface area contributed by atoms with Gasteiger partial charge in [0.25, 0.3) is 0 Å². The molecule has 2 unspecified atom stereocenters. The summed E-state index contributed by atoms with van der Waals surface area (Å²) in [5.74, 6) is -0.294. The third kappa shape index (κ3) is 2.58. The molecule has 1 aliphatic heterocycles. The molecular weight excluding hydrogens is 277 g/mol. The fourth-order valence-electron chi connectivity index (χ4n) is 2.81. The Morgan fingerprint density at radius 2 is 2.25 bits per heavy atom. The van der Waals surface area contributed by atoms with Crippen LogP contribution >= 0.6 is 11.6 Å². The smallest absolute Gasteiger partial charge is 0.147 e. The number of rotatable bonds is 2. The molecule has 1 aromatic carbocycles. The summed E-state index contributed by atoms with van der Waals surface area (Å²) in [6, 6.07) is 5.26. The molecule has 5 heteroatoms. The van der Waals surface area contributed by atoms with Crippen LogP contribution in [0.25, 0.3) is 5.69 Å². The first-order chi connectivity index (χ1) is 9.65. The van der Waals surface area contributed by atoms with Gasteiger partial charge >= 0.3 is 0 Å². The first kappa shape index (κ1) is 13.6. The van der Waals surface area contributed by atoms with E-state index in [4.69, 9.17) is 11.6 Å². The predicted molar refractivity (Wildman–Crippen MR) is 77.7 cm³/mol. The van der Waals surface area contributed by atoms with Gasteiger partial charge in [0.1, 0.15) is 5.82 Å². The van der Waals surface area contributed by atoms with Crippen LogP contribution in [0, 0.1) is 5.82 Å². The van der Waals surface area contributed by atoms with E-state index in [1.165, 1.54) is 18.9 Å². The summed E-state index contributed by atoms with van der Waals surface area (Å²) in [6.07, 6.45) is 6.83. The van der Waals surface area contributed by atoms with Crippen LogP contribution in [0.2, 0.25) is 5.02 Å². The summed E-state index contributed by atoms with van der Waals surface area (Å²) < 4.78 is 15.8. The molecule has 1 N–H and O–H groups in total. The van der Waals surface area contributed by atoms with Gasteiger partial charge < -0.3 is 5.32 Å². The first-order valence-electron chi connectivity index (χ1n) is 6.89. The molecule has 2 atom stereocenters. The second kappa shape index (κ2) is 5.54. The molecule has 0 amide bonds. The average Bonchev–Trinajstić information content (AvgIpc) is 2.90. The maximum atomic E-state index is 14.0. The molecular formula is C15H17ClFN3. The van der Waals surface area contributed by atoms with E-state index in [0.29, 0.717) is 16.8 Å². The molecule has 1 aromatic heterocycles. The third-order valence-corrected chi connectivity index (χ3v) is 4.04. The van der Waals surface area contributed by atoms with Crippen molar-refractivity contribution in [3.63, 3.8) is 0 Å². The number of hydrogen-bond acceptors (Lipinski definition) is 2. The van der Waals surface area contributed by atoms with Crippen molar-refractivity contribution in [1.82, 2.24) is 14.9 Å². The summed E-state index contributed by atoms with van der Waals surface area (Å²) in [5.41, 5.74) is 1.43. The van der Waals surface area contributed by atoms with Crippen molar-refractivity contribution in [2.24, 2.45) is 0 Å². The number of nitrogens with one attached hydrogen (secondary N) is 1. The SMILES string of the molecule is CC1CCCC(c2cncn2-c2cc(Cl)ccc2F)N1. The molecule has 3 rings (SSSR count). The van der Waals surface area contributed by atoms with Gasteiger partial charge in [0.15, 0.2) is 0 Å². The van der Waals surface area contributed by atoms with E-state index in [9.17, 15) is 4.39 Å². The Hall–Kier alpha value is -1.39. The molecule has 0 spiro atoms. The zero-order valence-electron chi connectivity index (χ0n) is 11.3. The van der Waals surface area contributed by atoms with E-state index in [1.54, 1.807) is 29.2 Å².